The summed E-state index contributed by atoms with van der Waals surface area (Å²) in [5, 5.41) is 5.06. The van der Waals surface area contributed by atoms with Crippen LogP contribution in [0.1, 0.15) is 25.3 Å². The molecule has 0 radical (unpaired) electrons. The van der Waals surface area contributed by atoms with E-state index < -0.39 is 0 Å². The summed E-state index contributed by atoms with van der Waals surface area (Å²) >= 11 is 5.29. The molecule has 0 aliphatic carbocycles. The van der Waals surface area contributed by atoms with Gasteiger partial charge in [-0.2, -0.15) is 5.10 Å². The Balaban J connectivity index is 1.94. The molecule has 1 N–H and O–H groups in total. The Kier molecular flexibility index (Phi) is 4.09. The summed E-state index contributed by atoms with van der Waals surface area (Å²) in [6.45, 7) is 4.08. The molecular weight excluding hydrogens is 230 g/mol. The molecule has 0 amide bonds. The maximum atomic E-state index is 5.29. The topological polar surface area (TPSA) is 27.6 Å². The SMILES string of the molecule is C/C(=N/NC(=S)N1CCCC1)c1ccccc1. The van der Waals surface area contributed by atoms with Gasteiger partial charge in [-0.15, -0.1) is 0 Å². The van der Waals surface area contributed by atoms with Crippen LogP contribution in [0.4, 0.5) is 0 Å². The van der Waals surface area contributed by atoms with E-state index in [1.54, 1.807) is 0 Å². The molecule has 3 nitrogen and oxygen atoms in total. The van der Waals surface area contributed by atoms with Gasteiger partial charge in [0.2, 0.25) is 0 Å². The molecule has 0 unspecified atom stereocenters. The molecule has 4 heteroatoms. The van der Waals surface area contributed by atoms with E-state index in [1.807, 2.05) is 37.3 Å². The van der Waals surface area contributed by atoms with Crippen LogP contribution in [-0.2, 0) is 0 Å². The molecule has 17 heavy (non-hydrogen) atoms. The largest absolute Gasteiger partial charge is 0.348 e. The number of hydrogen-bond donors (Lipinski definition) is 1. The van der Waals surface area contributed by atoms with Gasteiger partial charge in [0.05, 0.1) is 5.71 Å². The van der Waals surface area contributed by atoms with E-state index in [9.17, 15) is 0 Å². The molecule has 1 heterocycles. The first-order valence-electron chi connectivity index (χ1n) is 5.92. The van der Waals surface area contributed by atoms with Gasteiger partial charge in [-0.25, -0.2) is 0 Å². The van der Waals surface area contributed by atoms with Crippen LogP contribution in [0.15, 0.2) is 35.4 Å². The van der Waals surface area contributed by atoms with Crippen molar-refractivity contribution in [2.75, 3.05) is 13.1 Å². The number of hydrazone groups is 1. The van der Waals surface area contributed by atoms with Crippen molar-refractivity contribution in [1.82, 2.24) is 10.3 Å². The monoisotopic (exact) mass is 247 g/mol. The van der Waals surface area contributed by atoms with E-state index in [4.69, 9.17) is 12.2 Å². The van der Waals surface area contributed by atoms with Gasteiger partial charge in [0.1, 0.15) is 0 Å². The molecular formula is C13H17N3S. The summed E-state index contributed by atoms with van der Waals surface area (Å²) in [6.07, 6.45) is 2.45. The molecule has 1 aliphatic heterocycles. The van der Waals surface area contributed by atoms with Gasteiger partial charge in [-0.3, -0.25) is 5.43 Å². The van der Waals surface area contributed by atoms with Gasteiger partial charge in [-0.1, -0.05) is 30.3 Å². The lowest BCUT2D eigenvalue weighted by molar-refractivity contribution is 0.509. The first kappa shape index (κ1) is 12.0. The summed E-state index contributed by atoms with van der Waals surface area (Å²) in [4.78, 5) is 2.16. The third kappa shape index (κ3) is 3.27. The van der Waals surface area contributed by atoms with Crippen LogP contribution in [0.3, 0.4) is 0 Å². The van der Waals surface area contributed by atoms with Gasteiger partial charge < -0.3 is 4.90 Å². The Morgan fingerprint density at radius 1 is 1.24 bits per heavy atom. The van der Waals surface area contributed by atoms with Crippen LogP contribution < -0.4 is 5.43 Å². The molecule has 0 spiro atoms. The molecule has 0 bridgehead atoms. The van der Waals surface area contributed by atoms with Crippen LogP contribution in [0.5, 0.6) is 0 Å². The zero-order valence-electron chi connectivity index (χ0n) is 10.0. The van der Waals surface area contributed by atoms with Gasteiger partial charge in [0, 0.05) is 13.1 Å². The highest BCUT2D eigenvalue weighted by molar-refractivity contribution is 7.80. The van der Waals surface area contributed by atoms with Crippen LogP contribution in [0.2, 0.25) is 0 Å². The van der Waals surface area contributed by atoms with Crippen LogP contribution in [0.25, 0.3) is 0 Å². The molecule has 0 atom stereocenters. The zero-order valence-corrected chi connectivity index (χ0v) is 10.8. The summed E-state index contributed by atoms with van der Waals surface area (Å²) in [7, 11) is 0. The molecule has 0 aromatic heterocycles. The second-order valence-corrected chi connectivity index (χ2v) is 4.56. The highest BCUT2D eigenvalue weighted by atomic mass is 32.1. The van der Waals surface area contributed by atoms with Crippen molar-refractivity contribution in [1.29, 1.82) is 0 Å². The van der Waals surface area contributed by atoms with Crippen molar-refractivity contribution in [3.63, 3.8) is 0 Å². The minimum atomic E-state index is 0.734. The maximum Gasteiger partial charge on any atom is 0.189 e. The maximum absolute atomic E-state index is 5.29. The number of nitrogens with zero attached hydrogens (tertiary/aromatic N) is 2. The van der Waals surface area contributed by atoms with Crippen molar-refractivity contribution in [3.05, 3.63) is 35.9 Å². The second kappa shape index (κ2) is 5.77. The summed E-state index contributed by atoms with van der Waals surface area (Å²) in [5.41, 5.74) is 5.03. The first-order chi connectivity index (χ1) is 8.27. The average molecular weight is 247 g/mol. The fourth-order valence-electron chi connectivity index (χ4n) is 1.87. The molecule has 1 aromatic rings. The lowest BCUT2D eigenvalue weighted by atomic mass is 10.1. The Labute approximate surface area is 108 Å². The quantitative estimate of drug-likeness (QED) is 0.494. The van der Waals surface area contributed by atoms with Crippen molar-refractivity contribution in [2.24, 2.45) is 5.10 Å². The van der Waals surface area contributed by atoms with Gasteiger partial charge in [0.15, 0.2) is 5.11 Å². The van der Waals surface area contributed by atoms with E-state index in [0.717, 1.165) is 29.5 Å². The van der Waals surface area contributed by atoms with Crippen LogP contribution >= 0.6 is 12.2 Å². The molecule has 1 fully saturated rings. The van der Waals surface area contributed by atoms with Crippen molar-refractivity contribution in [2.45, 2.75) is 19.8 Å². The minimum absolute atomic E-state index is 0.734. The number of benzene rings is 1. The predicted octanol–water partition coefficient (Wildman–Crippen LogP) is 2.38. The Morgan fingerprint density at radius 2 is 1.88 bits per heavy atom. The molecule has 90 valence electrons. The fraction of sp³-hybridized carbons (Fsp3) is 0.385. The first-order valence-corrected chi connectivity index (χ1v) is 6.33. The van der Waals surface area contributed by atoms with E-state index in [0.29, 0.717) is 0 Å². The lowest BCUT2D eigenvalue weighted by Gasteiger charge is -2.17. The predicted molar refractivity (Wildman–Crippen MR) is 75.2 cm³/mol. The van der Waals surface area contributed by atoms with Gasteiger partial charge in [0.25, 0.3) is 0 Å². The summed E-state index contributed by atoms with van der Waals surface area (Å²) in [6, 6.07) is 10.1. The third-order valence-electron chi connectivity index (χ3n) is 2.90. The molecule has 2 rings (SSSR count). The third-order valence-corrected chi connectivity index (χ3v) is 3.25. The highest BCUT2D eigenvalue weighted by Crippen LogP contribution is 2.07. The zero-order chi connectivity index (χ0) is 12.1. The number of nitrogens with one attached hydrogen (secondary N) is 1. The van der Waals surface area contributed by atoms with E-state index in [-0.39, 0.29) is 0 Å². The second-order valence-electron chi connectivity index (χ2n) is 4.17. The van der Waals surface area contributed by atoms with Crippen LogP contribution in [-0.4, -0.2) is 28.8 Å². The van der Waals surface area contributed by atoms with E-state index in [1.165, 1.54) is 12.8 Å². The number of hydrogen-bond acceptors (Lipinski definition) is 2. The highest BCUT2D eigenvalue weighted by Gasteiger charge is 2.13. The van der Waals surface area contributed by atoms with Crippen molar-refractivity contribution in [3.8, 4) is 0 Å². The minimum Gasteiger partial charge on any atom is -0.348 e. The number of likely N-dealkylation sites (tertiary alicyclic amines) is 1. The average Bonchev–Trinajstić information content (AvgIpc) is 2.90. The fourth-order valence-corrected chi connectivity index (χ4v) is 2.09. The normalized spacial score (nSPS) is 16.1. The van der Waals surface area contributed by atoms with Crippen LogP contribution in [0, 0.1) is 0 Å². The smallest absolute Gasteiger partial charge is 0.189 e. The van der Waals surface area contributed by atoms with Gasteiger partial charge in [-0.05, 0) is 37.5 Å². The van der Waals surface area contributed by atoms with Crippen molar-refractivity contribution >= 4 is 23.0 Å². The molecule has 0 saturated carbocycles. The number of rotatable bonds is 2. The lowest BCUT2D eigenvalue weighted by Crippen LogP contribution is -2.35. The van der Waals surface area contributed by atoms with E-state index >= 15 is 0 Å². The molecule has 1 aliphatic rings. The Morgan fingerprint density at radius 3 is 2.53 bits per heavy atom. The summed E-state index contributed by atoms with van der Waals surface area (Å²) < 4.78 is 0. The number of thiocarbonyl (C=S) groups is 1. The van der Waals surface area contributed by atoms with E-state index in [2.05, 4.69) is 15.4 Å². The Hall–Kier alpha value is -1.42. The molecule has 1 aromatic carbocycles. The van der Waals surface area contributed by atoms with Crippen molar-refractivity contribution < 1.29 is 0 Å². The van der Waals surface area contributed by atoms with Gasteiger partial charge >= 0.3 is 0 Å². The molecule has 1 saturated heterocycles. The Bertz CT molecular complexity index is 408. The summed E-state index contributed by atoms with van der Waals surface area (Å²) in [5.74, 6) is 0. The standard InChI is InChI=1S/C13H17N3S/c1-11(12-7-3-2-4-8-12)14-15-13(17)16-9-5-6-10-16/h2-4,7-8H,5-6,9-10H2,1H3,(H,15,17)/b14-11-.